The smallest absolute Gasteiger partial charge is 0.154 e. The molecule has 5 heteroatoms. The van der Waals surface area contributed by atoms with Crippen molar-refractivity contribution in [2.24, 2.45) is 0 Å². The average Bonchev–Trinajstić information content (AvgIpc) is 3.30. The quantitative estimate of drug-likeness (QED) is 0.797. The number of nitrogens with zero attached hydrogens (tertiary/aromatic N) is 4. The Kier molecular flexibility index (Phi) is 5.68. The molecule has 2 aliphatic heterocycles. The zero-order valence-electron chi connectivity index (χ0n) is 15.8. The maximum Gasteiger partial charge on any atom is 0.154 e. The van der Waals surface area contributed by atoms with E-state index in [-0.39, 0.29) is 0 Å². The van der Waals surface area contributed by atoms with E-state index in [2.05, 4.69) is 56.3 Å². The fraction of sp³-hybridized carbons (Fsp3) is 0.571. The van der Waals surface area contributed by atoms with Crippen LogP contribution in [0.1, 0.15) is 35.9 Å². The second kappa shape index (κ2) is 8.33. The Bertz CT molecular complexity index is 678. The van der Waals surface area contributed by atoms with Gasteiger partial charge in [0, 0.05) is 51.9 Å². The van der Waals surface area contributed by atoms with Crippen LogP contribution in [0.4, 0.5) is 0 Å². The van der Waals surface area contributed by atoms with Crippen LogP contribution in [0.2, 0.25) is 0 Å². The Morgan fingerprint density at radius 1 is 1.00 bits per heavy atom. The molecule has 0 bridgehead atoms. The molecule has 0 amide bonds. The van der Waals surface area contributed by atoms with Gasteiger partial charge in [-0.05, 0) is 31.9 Å². The Labute approximate surface area is 156 Å². The minimum Gasteiger partial charge on any atom is -0.359 e. The van der Waals surface area contributed by atoms with Crippen LogP contribution < -0.4 is 0 Å². The molecule has 0 spiro atoms. The Balaban J connectivity index is 1.22. The Morgan fingerprint density at radius 2 is 1.77 bits per heavy atom. The number of aryl methyl sites for hydroxylation is 1. The molecule has 140 valence electrons. The standard InChI is InChI=1S/C21H30N4O/c1-18-16-21(26-22-18)20-8-5-9-25(20)15-14-23-10-12-24(13-11-23)17-19-6-3-2-4-7-19/h2-4,6-7,16,20H,5,8-15,17H2,1H3/t20-/m1/s1. The van der Waals surface area contributed by atoms with Crippen molar-refractivity contribution >= 4 is 0 Å². The molecule has 0 radical (unpaired) electrons. The molecule has 3 heterocycles. The van der Waals surface area contributed by atoms with Gasteiger partial charge in [-0.3, -0.25) is 14.7 Å². The third-order valence-corrected chi connectivity index (χ3v) is 5.76. The third kappa shape index (κ3) is 4.34. The van der Waals surface area contributed by atoms with Gasteiger partial charge in [-0.25, -0.2) is 0 Å². The van der Waals surface area contributed by atoms with Crippen molar-refractivity contribution in [2.45, 2.75) is 32.4 Å². The maximum absolute atomic E-state index is 5.53. The SMILES string of the molecule is Cc1cc([C@H]2CCCN2CCN2CCN(Cc3ccccc3)CC2)on1. The van der Waals surface area contributed by atoms with Crippen molar-refractivity contribution in [3.8, 4) is 0 Å². The summed E-state index contributed by atoms with van der Waals surface area (Å²) in [5.41, 5.74) is 2.41. The van der Waals surface area contributed by atoms with Crippen LogP contribution in [-0.2, 0) is 6.54 Å². The van der Waals surface area contributed by atoms with Crippen LogP contribution in [0.25, 0.3) is 0 Å². The number of piperazine rings is 1. The summed E-state index contributed by atoms with van der Waals surface area (Å²) in [5.74, 6) is 1.05. The molecule has 1 atom stereocenters. The summed E-state index contributed by atoms with van der Waals surface area (Å²) in [6.07, 6.45) is 2.45. The first-order valence-electron chi connectivity index (χ1n) is 9.94. The van der Waals surface area contributed by atoms with E-state index in [4.69, 9.17) is 4.52 Å². The highest BCUT2D eigenvalue weighted by atomic mass is 16.5. The molecule has 0 N–H and O–H groups in total. The van der Waals surface area contributed by atoms with Gasteiger partial charge in [-0.15, -0.1) is 0 Å². The Morgan fingerprint density at radius 3 is 2.50 bits per heavy atom. The third-order valence-electron chi connectivity index (χ3n) is 5.76. The van der Waals surface area contributed by atoms with Gasteiger partial charge in [0.2, 0.25) is 0 Å². The van der Waals surface area contributed by atoms with Crippen LogP contribution in [0, 0.1) is 6.92 Å². The molecule has 0 aliphatic carbocycles. The lowest BCUT2D eigenvalue weighted by atomic mass is 10.1. The first-order chi connectivity index (χ1) is 12.8. The van der Waals surface area contributed by atoms with Gasteiger partial charge in [0.1, 0.15) is 0 Å². The molecule has 4 rings (SSSR count). The fourth-order valence-electron chi connectivity index (χ4n) is 4.24. The second-order valence-corrected chi connectivity index (χ2v) is 7.67. The number of hydrogen-bond acceptors (Lipinski definition) is 5. The number of rotatable bonds is 6. The van der Waals surface area contributed by atoms with E-state index >= 15 is 0 Å². The van der Waals surface area contributed by atoms with Crippen LogP contribution in [0.5, 0.6) is 0 Å². The van der Waals surface area contributed by atoms with Gasteiger partial charge >= 0.3 is 0 Å². The minimum atomic E-state index is 0.426. The molecular weight excluding hydrogens is 324 g/mol. The summed E-state index contributed by atoms with van der Waals surface area (Å²) in [5, 5.41) is 4.07. The molecule has 0 saturated carbocycles. The van der Waals surface area contributed by atoms with Crippen LogP contribution in [0.3, 0.4) is 0 Å². The van der Waals surface area contributed by atoms with E-state index in [1.54, 1.807) is 0 Å². The van der Waals surface area contributed by atoms with Gasteiger partial charge in [0.25, 0.3) is 0 Å². The highest BCUT2D eigenvalue weighted by Crippen LogP contribution is 2.31. The molecule has 0 unspecified atom stereocenters. The average molecular weight is 354 g/mol. The largest absolute Gasteiger partial charge is 0.359 e. The number of likely N-dealkylation sites (tertiary alicyclic amines) is 1. The molecule has 26 heavy (non-hydrogen) atoms. The normalized spacial score (nSPS) is 22.9. The maximum atomic E-state index is 5.53. The summed E-state index contributed by atoms with van der Waals surface area (Å²) in [4.78, 5) is 7.76. The predicted molar refractivity (Wildman–Crippen MR) is 103 cm³/mol. The summed E-state index contributed by atoms with van der Waals surface area (Å²) in [6.45, 7) is 11.2. The lowest BCUT2D eigenvalue weighted by Crippen LogP contribution is -2.48. The Hall–Kier alpha value is -1.69. The molecule has 2 saturated heterocycles. The fourth-order valence-corrected chi connectivity index (χ4v) is 4.24. The molecule has 2 aromatic rings. The molecule has 1 aromatic heterocycles. The van der Waals surface area contributed by atoms with Crippen LogP contribution >= 0.6 is 0 Å². The van der Waals surface area contributed by atoms with E-state index in [0.29, 0.717) is 6.04 Å². The zero-order valence-corrected chi connectivity index (χ0v) is 15.8. The summed E-state index contributed by atoms with van der Waals surface area (Å²) >= 11 is 0. The number of hydrogen-bond donors (Lipinski definition) is 0. The van der Waals surface area contributed by atoms with Crippen molar-refractivity contribution in [3.05, 3.63) is 53.4 Å². The van der Waals surface area contributed by atoms with Crippen molar-refractivity contribution in [3.63, 3.8) is 0 Å². The minimum absolute atomic E-state index is 0.426. The molecular formula is C21H30N4O. The molecule has 5 nitrogen and oxygen atoms in total. The first kappa shape index (κ1) is 17.7. The summed E-state index contributed by atoms with van der Waals surface area (Å²) in [7, 11) is 0. The van der Waals surface area contributed by atoms with Crippen molar-refractivity contribution in [2.75, 3.05) is 45.8 Å². The molecule has 2 fully saturated rings. The number of benzene rings is 1. The zero-order chi connectivity index (χ0) is 17.8. The summed E-state index contributed by atoms with van der Waals surface area (Å²) < 4.78 is 5.53. The van der Waals surface area contributed by atoms with E-state index < -0.39 is 0 Å². The second-order valence-electron chi connectivity index (χ2n) is 7.67. The predicted octanol–water partition coefficient (Wildman–Crippen LogP) is 2.94. The van der Waals surface area contributed by atoms with Crippen molar-refractivity contribution < 1.29 is 4.52 Å². The van der Waals surface area contributed by atoms with Crippen molar-refractivity contribution in [1.29, 1.82) is 0 Å². The topological polar surface area (TPSA) is 35.8 Å². The lowest BCUT2D eigenvalue weighted by Gasteiger charge is -2.36. The van der Waals surface area contributed by atoms with E-state index in [1.807, 2.05) is 6.92 Å². The van der Waals surface area contributed by atoms with E-state index in [1.165, 1.54) is 51.1 Å². The van der Waals surface area contributed by atoms with E-state index in [9.17, 15) is 0 Å². The van der Waals surface area contributed by atoms with Gasteiger partial charge < -0.3 is 4.52 Å². The van der Waals surface area contributed by atoms with Gasteiger partial charge in [-0.2, -0.15) is 0 Å². The molecule has 1 aromatic carbocycles. The van der Waals surface area contributed by atoms with Crippen molar-refractivity contribution in [1.82, 2.24) is 19.9 Å². The summed E-state index contributed by atoms with van der Waals surface area (Å²) in [6, 6.07) is 13.3. The van der Waals surface area contributed by atoms with Crippen LogP contribution in [0.15, 0.2) is 40.9 Å². The lowest BCUT2D eigenvalue weighted by molar-refractivity contribution is 0.108. The highest BCUT2D eigenvalue weighted by Gasteiger charge is 2.29. The molecule has 2 aliphatic rings. The van der Waals surface area contributed by atoms with Gasteiger partial charge in [-0.1, -0.05) is 35.5 Å². The van der Waals surface area contributed by atoms with E-state index in [0.717, 1.165) is 31.1 Å². The monoisotopic (exact) mass is 354 g/mol. The number of aromatic nitrogens is 1. The highest BCUT2D eigenvalue weighted by molar-refractivity contribution is 5.14. The first-order valence-corrected chi connectivity index (χ1v) is 9.94. The van der Waals surface area contributed by atoms with Crippen LogP contribution in [-0.4, -0.2) is 65.7 Å². The van der Waals surface area contributed by atoms with Gasteiger partial charge in [0.15, 0.2) is 5.76 Å². The van der Waals surface area contributed by atoms with Gasteiger partial charge in [0.05, 0.1) is 11.7 Å².